The normalized spacial score (nSPS) is 12.9. The first-order valence-corrected chi connectivity index (χ1v) is 11.1. The molecule has 2 aromatic carbocycles. The molecule has 1 aliphatic rings. The fourth-order valence-electron chi connectivity index (χ4n) is 3.37. The predicted molar refractivity (Wildman–Crippen MR) is 119 cm³/mol. The minimum Gasteiger partial charge on any atom is -0.486 e. The molecule has 0 fully saturated rings. The van der Waals surface area contributed by atoms with E-state index in [2.05, 4.69) is 10.4 Å². The monoisotopic (exact) mass is 437 g/mol. The Labute approximate surface area is 181 Å². The Bertz CT molecular complexity index is 1210. The summed E-state index contributed by atoms with van der Waals surface area (Å²) < 4.78 is 13.3. The first-order chi connectivity index (χ1) is 14.6. The largest absolute Gasteiger partial charge is 0.486 e. The van der Waals surface area contributed by atoms with Crippen molar-refractivity contribution in [1.82, 2.24) is 9.78 Å². The van der Waals surface area contributed by atoms with Crippen LogP contribution in [0.4, 0.5) is 5.69 Å². The molecule has 152 valence electrons. The number of nitrogens with one attached hydrogen (secondary N) is 1. The van der Waals surface area contributed by atoms with E-state index in [0.717, 1.165) is 25.7 Å². The van der Waals surface area contributed by atoms with E-state index in [1.165, 1.54) is 11.3 Å². The summed E-state index contributed by atoms with van der Waals surface area (Å²) in [4.78, 5) is 16.7. The summed E-state index contributed by atoms with van der Waals surface area (Å²) in [6.07, 6.45) is 0. The van der Waals surface area contributed by atoms with Gasteiger partial charge in [0.1, 0.15) is 18.0 Å². The molecule has 0 unspecified atom stereocenters. The van der Waals surface area contributed by atoms with Gasteiger partial charge in [-0.3, -0.25) is 9.48 Å². The van der Waals surface area contributed by atoms with Gasteiger partial charge in [0.25, 0.3) is 5.91 Å². The highest BCUT2D eigenvalue weighted by Crippen LogP contribution is 2.42. The smallest absolute Gasteiger partial charge is 0.265 e. The number of amides is 1. The van der Waals surface area contributed by atoms with E-state index in [9.17, 15) is 4.79 Å². The predicted octanol–water partition coefficient (Wildman–Crippen LogP) is 5.12. The molecule has 2 aromatic heterocycles. The van der Waals surface area contributed by atoms with Crippen LogP contribution in [0.15, 0.2) is 58.3 Å². The number of nitrogens with zero attached hydrogens (tertiary/aromatic N) is 2. The maximum atomic E-state index is 13.1. The number of carbonyl (C=O) groups is 1. The van der Waals surface area contributed by atoms with Crippen molar-refractivity contribution in [2.24, 2.45) is 7.05 Å². The van der Waals surface area contributed by atoms with Gasteiger partial charge in [-0.25, -0.2) is 0 Å². The molecule has 4 aromatic rings. The van der Waals surface area contributed by atoms with Gasteiger partial charge in [0, 0.05) is 34.4 Å². The lowest BCUT2D eigenvalue weighted by molar-refractivity contribution is 0.103. The van der Waals surface area contributed by atoms with E-state index < -0.39 is 0 Å². The number of ether oxygens (including phenoxy) is 2. The Hall–Kier alpha value is -2.97. The van der Waals surface area contributed by atoms with Gasteiger partial charge < -0.3 is 14.8 Å². The van der Waals surface area contributed by atoms with Crippen LogP contribution in [0.1, 0.15) is 15.4 Å². The Morgan fingerprint density at radius 1 is 1.13 bits per heavy atom. The zero-order valence-electron chi connectivity index (χ0n) is 16.5. The number of aromatic nitrogens is 2. The van der Waals surface area contributed by atoms with E-state index >= 15 is 0 Å². The van der Waals surface area contributed by atoms with Crippen LogP contribution in [0.25, 0.3) is 10.2 Å². The highest BCUT2D eigenvalue weighted by atomic mass is 32.2. The summed E-state index contributed by atoms with van der Waals surface area (Å²) in [6.45, 7) is 2.96. The zero-order valence-corrected chi connectivity index (χ0v) is 18.1. The van der Waals surface area contributed by atoms with E-state index in [1.54, 1.807) is 11.8 Å². The van der Waals surface area contributed by atoms with Crippen LogP contribution in [-0.4, -0.2) is 28.9 Å². The second kappa shape index (κ2) is 7.70. The van der Waals surface area contributed by atoms with Gasteiger partial charge in [-0.1, -0.05) is 30.0 Å². The molecule has 5 rings (SSSR count). The Balaban J connectivity index is 1.49. The second-order valence-corrected chi connectivity index (χ2v) is 9.05. The van der Waals surface area contributed by atoms with Gasteiger partial charge >= 0.3 is 0 Å². The number of hydrogen-bond donors (Lipinski definition) is 1. The van der Waals surface area contributed by atoms with Crippen LogP contribution in [0.2, 0.25) is 0 Å². The van der Waals surface area contributed by atoms with Gasteiger partial charge in [-0.05, 0) is 25.1 Å². The Morgan fingerprint density at radius 3 is 2.60 bits per heavy atom. The summed E-state index contributed by atoms with van der Waals surface area (Å²) in [5.74, 6) is 1.19. The van der Waals surface area contributed by atoms with E-state index in [1.807, 2.05) is 67.2 Å². The molecule has 0 aliphatic carbocycles. The van der Waals surface area contributed by atoms with Gasteiger partial charge in [0.05, 0.1) is 16.3 Å². The number of hydrogen-bond acceptors (Lipinski definition) is 6. The van der Waals surface area contributed by atoms with Gasteiger partial charge in [-0.2, -0.15) is 5.10 Å². The molecule has 1 amide bonds. The molecule has 8 heteroatoms. The minimum atomic E-state index is -0.151. The molecule has 6 nitrogen and oxygen atoms in total. The van der Waals surface area contributed by atoms with Crippen LogP contribution in [-0.2, 0) is 7.05 Å². The molecule has 0 spiro atoms. The summed E-state index contributed by atoms with van der Waals surface area (Å²) in [5, 5.41) is 8.49. The van der Waals surface area contributed by atoms with Crippen molar-refractivity contribution in [2.45, 2.75) is 16.7 Å². The van der Waals surface area contributed by atoms with Crippen molar-refractivity contribution in [1.29, 1.82) is 0 Å². The Kier molecular flexibility index (Phi) is 4.88. The van der Waals surface area contributed by atoms with Crippen LogP contribution in [0, 0.1) is 6.92 Å². The molecule has 30 heavy (non-hydrogen) atoms. The van der Waals surface area contributed by atoms with Crippen molar-refractivity contribution in [3.05, 3.63) is 59.1 Å². The fraction of sp³-hybridized carbons (Fsp3) is 0.182. The molecule has 0 saturated heterocycles. The third-order valence-corrected chi connectivity index (χ3v) is 7.05. The number of fused-ring (bicyclic) bond motifs is 2. The molecule has 3 heterocycles. The van der Waals surface area contributed by atoms with E-state index in [-0.39, 0.29) is 5.91 Å². The number of rotatable bonds is 4. The molecule has 1 aliphatic heterocycles. The Morgan fingerprint density at radius 2 is 1.87 bits per heavy atom. The average molecular weight is 438 g/mol. The van der Waals surface area contributed by atoms with E-state index in [0.29, 0.717) is 35.3 Å². The summed E-state index contributed by atoms with van der Waals surface area (Å²) >= 11 is 3.01. The van der Waals surface area contributed by atoms with Crippen LogP contribution in [0.5, 0.6) is 11.5 Å². The summed E-state index contributed by atoms with van der Waals surface area (Å²) in [6, 6.07) is 15.7. The molecule has 0 radical (unpaired) electrons. The lowest BCUT2D eigenvalue weighted by Gasteiger charge is -2.21. The number of carbonyl (C=O) groups excluding carboxylic acids is 1. The number of anilines is 1. The second-order valence-electron chi connectivity index (χ2n) is 6.90. The van der Waals surface area contributed by atoms with Crippen molar-refractivity contribution >= 4 is 44.9 Å². The SMILES string of the molecule is Cc1nn(C)c2sc(C(=O)Nc3cc4c(cc3Sc3ccccc3)OCCO4)cc12. The minimum absolute atomic E-state index is 0.151. The lowest BCUT2D eigenvalue weighted by atomic mass is 10.2. The lowest BCUT2D eigenvalue weighted by Crippen LogP contribution is -2.17. The van der Waals surface area contributed by atoms with Crippen LogP contribution >= 0.6 is 23.1 Å². The number of thiophene rings is 1. The summed E-state index contributed by atoms with van der Waals surface area (Å²) in [7, 11) is 1.89. The third-order valence-electron chi connectivity index (χ3n) is 4.78. The maximum absolute atomic E-state index is 13.1. The first-order valence-electron chi connectivity index (χ1n) is 9.49. The maximum Gasteiger partial charge on any atom is 0.265 e. The zero-order chi connectivity index (χ0) is 20.7. The van der Waals surface area contributed by atoms with Gasteiger partial charge in [0.2, 0.25) is 0 Å². The standard InChI is InChI=1S/C22H19N3O3S2/c1-13-15-10-20(30-22(15)25(2)24-13)21(26)23-16-11-17-18(28-9-8-27-17)12-19(16)29-14-6-4-3-5-7-14/h3-7,10-12H,8-9H2,1-2H3,(H,23,26). The quantitative estimate of drug-likeness (QED) is 0.480. The molecule has 0 atom stereocenters. The van der Waals surface area contributed by atoms with Crippen molar-refractivity contribution in [3.8, 4) is 11.5 Å². The fourth-order valence-corrected chi connectivity index (χ4v) is 5.32. The molecular formula is C22H19N3O3S2. The van der Waals surface area contributed by atoms with E-state index in [4.69, 9.17) is 9.47 Å². The van der Waals surface area contributed by atoms with Crippen LogP contribution in [0.3, 0.4) is 0 Å². The molecule has 0 saturated carbocycles. The van der Waals surface area contributed by atoms with Gasteiger partial charge in [0.15, 0.2) is 11.5 Å². The highest BCUT2D eigenvalue weighted by molar-refractivity contribution is 7.99. The first kappa shape index (κ1) is 19.0. The molecule has 0 bridgehead atoms. The highest BCUT2D eigenvalue weighted by Gasteiger charge is 2.20. The third kappa shape index (κ3) is 3.53. The van der Waals surface area contributed by atoms with Crippen molar-refractivity contribution < 1.29 is 14.3 Å². The van der Waals surface area contributed by atoms with Crippen LogP contribution < -0.4 is 14.8 Å². The topological polar surface area (TPSA) is 65.4 Å². The molecular weight excluding hydrogens is 418 g/mol. The number of benzene rings is 2. The summed E-state index contributed by atoms with van der Waals surface area (Å²) in [5.41, 5.74) is 1.62. The van der Waals surface area contributed by atoms with Crippen molar-refractivity contribution in [2.75, 3.05) is 18.5 Å². The molecule has 1 N–H and O–H groups in total. The number of aryl methyl sites for hydroxylation is 2. The van der Waals surface area contributed by atoms with Gasteiger partial charge in [-0.15, -0.1) is 11.3 Å². The average Bonchev–Trinajstić information content (AvgIpc) is 3.31. The van der Waals surface area contributed by atoms with Crippen molar-refractivity contribution in [3.63, 3.8) is 0 Å².